The number of aromatic nitrogens is 2. The molecule has 1 aromatic heterocycles. The second-order valence-corrected chi connectivity index (χ2v) is 5.81. The van der Waals surface area contributed by atoms with Crippen molar-refractivity contribution < 1.29 is 4.21 Å². The third kappa shape index (κ3) is 3.72. The second kappa shape index (κ2) is 6.42. The molecule has 1 N–H and O–H groups in total. The number of hydrogen-bond acceptors (Lipinski definition) is 4. The molecular weight excluding hydrogens is 258 g/mol. The van der Waals surface area contributed by atoms with Crippen molar-refractivity contribution in [1.29, 1.82) is 0 Å². The van der Waals surface area contributed by atoms with E-state index in [-0.39, 0.29) is 17.7 Å². The van der Waals surface area contributed by atoms with Gasteiger partial charge >= 0.3 is 0 Å². The quantitative estimate of drug-likeness (QED) is 0.829. The summed E-state index contributed by atoms with van der Waals surface area (Å²) in [5.74, 6) is 0. The number of aryl methyl sites for hydroxylation is 2. The average molecular weight is 276 g/mol. The van der Waals surface area contributed by atoms with Crippen LogP contribution >= 0.6 is 12.4 Å². The van der Waals surface area contributed by atoms with Crippen LogP contribution in [0.25, 0.3) is 0 Å². The number of piperidine rings is 1. The zero-order valence-electron chi connectivity index (χ0n) is 10.1. The minimum Gasteiger partial charge on any atom is -0.317 e. The van der Waals surface area contributed by atoms with Crippen molar-refractivity contribution in [3.8, 4) is 0 Å². The summed E-state index contributed by atoms with van der Waals surface area (Å²) < 4.78 is 12.3. The van der Waals surface area contributed by atoms with Crippen LogP contribution in [-0.4, -0.2) is 32.5 Å². The Morgan fingerprint density at radius 1 is 1.24 bits per heavy atom. The van der Waals surface area contributed by atoms with Gasteiger partial charge in [0.25, 0.3) is 0 Å². The van der Waals surface area contributed by atoms with Crippen molar-refractivity contribution in [2.45, 2.75) is 37.1 Å². The molecule has 96 valence electrons. The minimum absolute atomic E-state index is 0. The summed E-state index contributed by atoms with van der Waals surface area (Å²) in [4.78, 5) is 8.55. The molecule has 1 aliphatic heterocycles. The summed E-state index contributed by atoms with van der Waals surface area (Å²) in [6, 6.07) is 1.91. The first-order valence-electron chi connectivity index (χ1n) is 5.60. The van der Waals surface area contributed by atoms with E-state index in [4.69, 9.17) is 0 Å². The van der Waals surface area contributed by atoms with Crippen molar-refractivity contribution in [2.24, 2.45) is 0 Å². The van der Waals surface area contributed by atoms with Gasteiger partial charge in [-0.05, 0) is 45.8 Å². The predicted molar refractivity (Wildman–Crippen MR) is 71.1 cm³/mol. The van der Waals surface area contributed by atoms with Crippen LogP contribution in [0.2, 0.25) is 0 Å². The Kier molecular flexibility index (Phi) is 5.49. The summed E-state index contributed by atoms with van der Waals surface area (Å²) >= 11 is 0. The zero-order valence-corrected chi connectivity index (χ0v) is 11.7. The summed E-state index contributed by atoms with van der Waals surface area (Å²) in [5.41, 5.74) is 1.79. The maximum absolute atomic E-state index is 12.3. The monoisotopic (exact) mass is 275 g/mol. The Balaban J connectivity index is 0.00000144. The molecule has 1 unspecified atom stereocenters. The van der Waals surface area contributed by atoms with Gasteiger partial charge in [0.15, 0.2) is 0 Å². The molecule has 17 heavy (non-hydrogen) atoms. The van der Waals surface area contributed by atoms with E-state index in [2.05, 4.69) is 15.3 Å². The molecule has 0 spiro atoms. The van der Waals surface area contributed by atoms with Crippen LogP contribution in [0.3, 0.4) is 0 Å². The normalized spacial score (nSPS) is 18.5. The van der Waals surface area contributed by atoms with Crippen molar-refractivity contribution in [1.82, 2.24) is 15.3 Å². The molecule has 2 heterocycles. The fraction of sp³-hybridized carbons (Fsp3) is 0.636. The fourth-order valence-corrected chi connectivity index (χ4v) is 3.37. The Labute approximate surface area is 110 Å². The highest BCUT2D eigenvalue weighted by Gasteiger charge is 2.23. The maximum Gasteiger partial charge on any atom is 0.219 e. The van der Waals surface area contributed by atoms with Crippen LogP contribution in [0.4, 0.5) is 0 Å². The molecule has 0 bridgehead atoms. The molecular formula is C11H18ClN3OS. The van der Waals surface area contributed by atoms with Crippen LogP contribution in [0.1, 0.15) is 24.2 Å². The standard InChI is InChI=1S/C11H17N3OS.ClH/c1-8-7-9(2)14-11(13-8)16(15)10-3-5-12-6-4-10;/h7,10,12H,3-6H2,1-2H3;1H. The molecule has 1 aromatic rings. The molecule has 2 rings (SSSR count). The first-order valence-corrected chi connectivity index (χ1v) is 6.81. The molecule has 0 radical (unpaired) electrons. The average Bonchev–Trinajstić information content (AvgIpc) is 2.28. The molecule has 4 nitrogen and oxygen atoms in total. The number of halogens is 1. The van der Waals surface area contributed by atoms with Gasteiger partial charge < -0.3 is 5.32 Å². The third-order valence-electron chi connectivity index (χ3n) is 2.73. The predicted octanol–water partition coefficient (Wildman–Crippen LogP) is 1.37. The topological polar surface area (TPSA) is 54.9 Å². The molecule has 1 aliphatic rings. The van der Waals surface area contributed by atoms with Gasteiger partial charge in [0.05, 0.1) is 10.8 Å². The summed E-state index contributed by atoms with van der Waals surface area (Å²) in [6.07, 6.45) is 1.89. The van der Waals surface area contributed by atoms with Gasteiger partial charge in [-0.1, -0.05) is 0 Å². The number of rotatable bonds is 2. The lowest BCUT2D eigenvalue weighted by Crippen LogP contribution is -2.33. The second-order valence-electron chi connectivity index (χ2n) is 4.18. The lowest BCUT2D eigenvalue weighted by atomic mass is 10.2. The third-order valence-corrected chi connectivity index (χ3v) is 4.35. The van der Waals surface area contributed by atoms with Crippen molar-refractivity contribution >= 4 is 23.2 Å². The maximum atomic E-state index is 12.3. The molecule has 6 heteroatoms. The van der Waals surface area contributed by atoms with Crippen LogP contribution in [0, 0.1) is 13.8 Å². The molecule has 1 atom stereocenters. The highest BCUT2D eigenvalue weighted by atomic mass is 35.5. The van der Waals surface area contributed by atoms with E-state index in [0.29, 0.717) is 5.16 Å². The van der Waals surface area contributed by atoms with Gasteiger partial charge in [0.1, 0.15) is 0 Å². The molecule has 0 aliphatic carbocycles. The fourth-order valence-electron chi connectivity index (χ4n) is 1.94. The van der Waals surface area contributed by atoms with Gasteiger partial charge in [0.2, 0.25) is 5.16 Å². The van der Waals surface area contributed by atoms with E-state index >= 15 is 0 Å². The number of hydrogen-bond donors (Lipinski definition) is 1. The molecule has 0 saturated carbocycles. The lowest BCUT2D eigenvalue weighted by Gasteiger charge is -2.21. The minimum atomic E-state index is -1.05. The molecule has 1 saturated heterocycles. The highest BCUT2D eigenvalue weighted by Crippen LogP contribution is 2.16. The van der Waals surface area contributed by atoms with E-state index in [1.54, 1.807) is 0 Å². The Morgan fingerprint density at radius 2 is 1.76 bits per heavy atom. The molecule has 0 amide bonds. The summed E-state index contributed by atoms with van der Waals surface area (Å²) in [7, 11) is -1.05. The molecule has 0 aromatic carbocycles. The SMILES string of the molecule is Cc1cc(C)nc(S(=O)C2CCNCC2)n1.Cl. The van der Waals surface area contributed by atoms with Crippen molar-refractivity contribution in [2.75, 3.05) is 13.1 Å². The van der Waals surface area contributed by atoms with Crippen molar-refractivity contribution in [3.05, 3.63) is 17.5 Å². The van der Waals surface area contributed by atoms with Crippen LogP contribution in [-0.2, 0) is 10.8 Å². The van der Waals surface area contributed by atoms with E-state index in [0.717, 1.165) is 37.3 Å². The Bertz CT molecular complexity index is 387. The van der Waals surface area contributed by atoms with Crippen molar-refractivity contribution in [3.63, 3.8) is 0 Å². The first kappa shape index (κ1) is 14.5. The summed E-state index contributed by atoms with van der Waals surface area (Å²) in [6.45, 7) is 5.72. The Hall–Kier alpha value is -0.520. The largest absolute Gasteiger partial charge is 0.317 e. The smallest absolute Gasteiger partial charge is 0.219 e. The van der Waals surface area contributed by atoms with Crippen LogP contribution in [0.15, 0.2) is 11.2 Å². The number of nitrogens with zero attached hydrogens (tertiary/aromatic N) is 2. The lowest BCUT2D eigenvalue weighted by molar-refractivity contribution is 0.517. The van der Waals surface area contributed by atoms with Gasteiger partial charge in [-0.15, -0.1) is 12.4 Å². The summed E-state index contributed by atoms with van der Waals surface area (Å²) in [5, 5.41) is 3.98. The van der Waals surface area contributed by atoms with Gasteiger partial charge in [-0.3, -0.25) is 4.21 Å². The van der Waals surface area contributed by atoms with Gasteiger partial charge in [-0.25, -0.2) is 9.97 Å². The Morgan fingerprint density at radius 3 is 2.29 bits per heavy atom. The first-order chi connectivity index (χ1) is 7.66. The van der Waals surface area contributed by atoms with Gasteiger partial charge in [-0.2, -0.15) is 0 Å². The van der Waals surface area contributed by atoms with Crippen LogP contribution in [0.5, 0.6) is 0 Å². The highest BCUT2D eigenvalue weighted by molar-refractivity contribution is 7.85. The van der Waals surface area contributed by atoms with Gasteiger partial charge in [0, 0.05) is 16.6 Å². The number of nitrogens with one attached hydrogen (secondary N) is 1. The zero-order chi connectivity index (χ0) is 11.5. The van der Waals surface area contributed by atoms with E-state index in [1.165, 1.54) is 0 Å². The van der Waals surface area contributed by atoms with E-state index in [1.807, 2.05) is 19.9 Å². The molecule has 1 fully saturated rings. The van der Waals surface area contributed by atoms with E-state index in [9.17, 15) is 4.21 Å². The van der Waals surface area contributed by atoms with E-state index < -0.39 is 10.8 Å². The van der Waals surface area contributed by atoms with Crippen LogP contribution < -0.4 is 5.32 Å².